The van der Waals surface area contributed by atoms with Crippen LogP contribution in [0, 0.1) is 17.8 Å². The zero-order valence-electron chi connectivity index (χ0n) is 12.8. The van der Waals surface area contributed by atoms with Crippen molar-refractivity contribution in [3.05, 3.63) is 0 Å². The summed E-state index contributed by atoms with van der Waals surface area (Å²) in [7, 11) is 4.40. The molecule has 2 N–H and O–H groups in total. The summed E-state index contributed by atoms with van der Waals surface area (Å²) < 4.78 is 0. The van der Waals surface area contributed by atoms with E-state index in [1.54, 1.807) is 0 Å². The molecular formula is C16H32N2. The van der Waals surface area contributed by atoms with Crippen molar-refractivity contribution in [1.82, 2.24) is 4.90 Å². The van der Waals surface area contributed by atoms with E-state index in [2.05, 4.69) is 32.8 Å². The zero-order valence-corrected chi connectivity index (χ0v) is 12.8. The summed E-state index contributed by atoms with van der Waals surface area (Å²) >= 11 is 0. The average molecular weight is 252 g/mol. The SMILES string of the molecule is CCC(CC)(C(N)CC1CC2CCC1C2)N(C)C. The van der Waals surface area contributed by atoms with Crippen molar-refractivity contribution in [2.75, 3.05) is 14.1 Å². The summed E-state index contributed by atoms with van der Waals surface area (Å²) in [5, 5.41) is 0. The van der Waals surface area contributed by atoms with E-state index in [0.29, 0.717) is 6.04 Å². The lowest BCUT2D eigenvalue weighted by atomic mass is 9.76. The molecule has 2 saturated carbocycles. The van der Waals surface area contributed by atoms with Crippen LogP contribution in [0.1, 0.15) is 58.8 Å². The Morgan fingerprint density at radius 3 is 2.22 bits per heavy atom. The van der Waals surface area contributed by atoms with Crippen LogP contribution in [0.5, 0.6) is 0 Å². The summed E-state index contributed by atoms with van der Waals surface area (Å²) in [6.45, 7) is 4.59. The second-order valence-electron chi connectivity index (χ2n) is 6.98. The van der Waals surface area contributed by atoms with Crippen LogP contribution in [-0.2, 0) is 0 Å². The first-order valence-corrected chi connectivity index (χ1v) is 7.96. The number of rotatable bonds is 6. The Bertz CT molecular complexity index is 270. The van der Waals surface area contributed by atoms with Gasteiger partial charge in [-0.05, 0) is 70.4 Å². The van der Waals surface area contributed by atoms with Crippen molar-refractivity contribution in [3.63, 3.8) is 0 Å². The highest BCUT2D eigenvalue weighted by atomic mass is 15.2. The lowest BCUT2D eigenvalue weighted by Crippen LogP contribution is -2.57. The van der Waals surface area contributed by atoms with Gasteiger partial charge in [0.2, 0.25) is 0 Å². The van der Waals surface area contributed by atoms with Gasteiger partial charge in [0.15, 0.2) is 0 Å². The molecule has 0 radical (unpaired) electrons. The Labute approximate surface area is 113 Å². The Morgan fingerprint density at radius 1 is 1.17 bits per heavy atom. The maximum absolute atomic E-state index is 6.64. The average Bonchev–Trinajstić information content (AvgIpc) is 2.92. The molecule has 2 rings (SSSR count). The second kappa shape index (κ2) is 5.50. The minimum Gasteiger partial charge on any atom is -0.326 e. The Balaban J connectivity index is 1.99. The topological polar surface area (TPSA) is 29.3 Å². The van der Waals surface area contributed by atoms with Gasteiger partial charge in [-0.3, -0.25) is 0 Å². The number of fused-ring (bicyclic) bond motifs is 2. The van der Waals surface area contributed by atoms with Crippen LogP contribution in [-0.4, -0.2) is 30.6 Å². The molecule has 0 aliphatic heterocycles. The van der Waals surface area contributed by atoms with Crippen LogP contribution in [0.2, 0.25) is 0 Å². The summed E-state index contributed by atoms with van der Waals surface area (Å²) in [6.07, 6.45) is 9.53. The third-order valence-corrected chi connectivity index (χ3v) is 6.25. The van der Waals surface area contributed by atoms with Gasteiger partial charge in [-0.15, -0.1) is 0 Å². The van der Waals surface area contributed by atoms with Crippen molar-refractivity contribution in [1.29, 1.82) is 0 Å². The van der Waals surface area contributed by atoms with Crippen LogP contribution in [0.3, 0.4) is 0 Å². The van der Waals surface area contributed by atoms with E-state index >= 15 is 0 Å². The molecule has 2 nitrogen and oxygen atoms in total. The highest BCUT2D eigenvalue weighted by molar-refractivity contribution is 4.99. The predicted octanol–water partition coefficient (Wildman–Crippen LogP) is 3.26. The lowest BCUT2D eigenvalue weighted by molar-refractivity contribution is 0.0878. The number of hydrogen-bond acceptors (Lipinski definition) is 2. The van der Waals surface area contributed by atoms with Crippen molar-refractivity contribution in [2.45, 2.75) is 70.4 Å². The molecule has 0 aromatic carbocycles. The number of hydrogen-bond donors (Lipinski definition) is 1. The second-order valence-corrected chi connectivity index (χ2v) is 6.98. The molecule has 2 aliphatic rings. The molecule has 18 heavy (non-hydrogen) atoms. The van der Waals surface area contributed by atoms with Crippen LogP contribution >= 0.6 is 0 Å². The van der Waals surface area contributed by atoms with Gasteiger partial charge in [0, 0.05) is 11.6 Å². The normalized spacial score (nSPS) is 33.3. The van der Waals surface area contributed by atoms with Crippen molar-refractivity contribution in [3.8, 4) is 0 Å². The molecule has 0 spiro atoms. The van der Waals surface area contributed by atoms with Gasteiger partial charge in [-0.1, -0.05) is 20.3 Å². The molecule has 2 bridgehead atoms. The third kappa shape index (κ3) is 2.34. The molecule has 106 valence electrons. The smallest absolute Gasteiger partial charge is 0.0349 e. The molecule has 4 atom stereocenters. The first-order chi connectivity index (χ1) is 8.53. The van der Waals surface area contributed by atoms with E-state index in [0.717, 1.165) is 17.8 Å². The molecule has 4 unspecified atom stereocenters. The summed E-state index contributed by atoms with van der Waals surface area (Å²) in [5.41, 5.74) is 6.85. The highest BCUT2D eigenvalue weighted by Gasteiger charge is 2.43. The van der Waals surface area contributed by atoms with Crippen LogP contribution in [0.15, 0.2) is 0 Å². The highest BCUT2D eigenvalue weighted by Crippen LogP contribution is 2.50. The van der Waals surface area contributed by atoms with Gasteiger partial charge in [0.25, 0.3) is 0 Å². The molecular weight excluding hydrogens is 220 g/mol. The number of nitrogens with two attached hydrogens (primary N) is 1. The van der Waals surface area contributed by atoms with E-state index in [1.165, 1.54) is 44.9 Å². The minimum atomic E-state index is 0.210. The molecule has 2 aliphatic carbocycles. The first kappa shape index (κ1) is 14.3. The van der Waals surface area contributed by atoms with Gasteiger partial charge in [0.05, 0.1) is 0 Å². The van der Waals surface area contributed by atoms with Gasteiger partial charge in [-0.2, -0.15) is 0 Å². The van der Waals surface area contributed by atoms with E-state index in [1.807, 2.05) is 0 Å². The third-order valence-electron chi connectivity index (χ3n) is 6.25. The number of likely N-dealkylation sites (N-methyl/N-ethyl adjacent to an activating group) is 1. The summed E-state index contributed by atoms with van der Waals surface area (Å²) in [5.74, 6) is 2.98. The van der Waals surface area contributed by atoms with Crippen molar-refractivity contribution in [2.24, 2.45) is 23.5 Å². The molecule has 0 amide bonds. The minimum absolute atomic E-state index is 0.210. The van der Waals surface area contributed by atoms with Gasteiger partial charge >= 0.3 is 0 Å². The fourth-order valence-electron chi connectivity index (χ4n) is 4.95. The molecule has 2 heteroatoms. The van der Waals surface area contributed by atoms with Crippen LogP contribution in [0.4, 0.5) is 0 Å². The maximum atomic E-state index is 6.64. The quantitative estimate of drug-likeness (QED) is 0.786. The van der Waals surface area contributed by atoms with Crippen LogP contribution in [0.25, 0.3) is 0 Å². The van der Waals surface area contributed by atoms with Gasteiger partial charge in [-0.25, -0.2) is 0 Å². The van der Waals surface area contributed by atoms with E-state index in [-0.39, 0.29) is 5.54 Å². The van der Waals surface area contributed by atoms with E-state index < -0.39 is 0 Å². The molecule has 0 saturated heterocycles. The van der Waals surface area contributed by atoms with Crippen molar-refractivity contribution >= 4 is 0 Å². The summed E-state index contributed by atoms with van der Waals surface area (Å²) in [4.78, 5) is 2.38. The first-order valence-electron chi connectivity index (χ1n) is 7.96. The fourth-order valence-corrected chi connectivity index (χ4v) is 4.95. The van der Waals surface area contributed by atoms with E-state index in [9.17, 15) is 0 Å². The largest absolute Gasteiger partial charge is 0.326 e. The monoisotopic (exact) mass is 252 g/mol. The predicted molar refractivity (Wildman–Crippen MR) is 78.5 cm³/mol. The van der Waals surface area contributed by atoms with Crippen molar-refractivity contribution < 1.29 is 0 Å². The Kier molecular flexibility index (Phi) is 4.38. The molecule has 0 heterocycles. The Hall–Kier alpha value is -0.0800. The fraction of sp³-hybridized carbons (Fsp3) is 1.00. The van der Waals surface area contributed by atoms with Gasteiger partial charge in [0.1, 0.15) is 0 Å². The molecule has 0 aromatic heterocycles. The standard InChI is InChI=1S/C16H32N2/c1-5-16(6-2,18(3)4)15(17)11-14-10-12-7-8-13(14)9-12/h12-15H,5-11,17H2,1-4H3. The molecule has 0 aromatic rings. The van der Waals surface area contributed by atoms with Gasteiger partial charge < -0.3 is 10.6 Å². The van der Waals surface area contributed by atoms with Crippen LogP contribution < -0.4 is 5.73 Å². The molecule has 2 fully saturated rings. The van der Waals surface area contributed by atoms with E-state index in [4.69, 9.17) is 5.73 Å². The lowest BCUT2D eigenvalue weighted by Gasteiger charge is -2.45. The number of nitrogens with zero attached hydrogens (tertiary/aromatic N) is 1. The zero-order chi connectivity index (χ0) is 13.3. The summed E-state index contributed by atoms with van der Waals surface area (Å²) in [6, 6.07) is 0.340. The Morgan fingerprint density at radius 2 is 1.83 bits per heavy atom. The maximum Gasteiger partial charge on any atom is 0.0349 e.